The molecule has 0 aromatic heterocycles. The molecule has 0 bridgehead atoms. The molecule has 0 saturated heterocycles. The topological polar surface area (TPSA) is 71.6 Å². The molecule has 2 aromatic carbocycles. The van der Waals surface area contributed by atoms with Crippen molar-refractivity contribution >= 4 is 29.0 Å². The Morgan fingerprint density at radius 2 is 1.82 bits per heavy atom. The third-order valence-corrected chi connectivity index (χ3v) is 3.31. The maximum atomic E-state index is 11.9. The molecule has 6 nitrogen and oxygen atoms in total. The van der Waals surface area contributed by atoms with E-state index in [4.69, 9.17) is 21.1 Å². The summed E-state index contributed by atoms with van der Waals surface area (Å²) in [5.41, 5.74) is 6.47. The van der Waals surface area contributed by atoms with E-state index in [1.54, 1.807) is 30.3 Å². The molecule has 0 aliphatic carbocycles. The van der Waals surface area contributed by atoms with Gasteiger partial charge in [0.05, 0.1) is 10.7 Å². The summed E-state index contributed by atoms with van der Waals surface area (Å²) < 4.78 is 10.9. The quantitative estimate of drug-likeness (QED) is 0.759. The van der Waals surface area contributed by atoms with Crippen molar-refractivity contribution in [2.75, 3.05) is 24.0 Å². The fourth-order valence-electron chi connectivity index (χ4n) is 1.97. The molecule has 2 aromatic rings. The van der Waals surface area contributed by atoms with Gasteiger partial charge >= 0.3 is 6.03 Å². The minimum Gasteiger partial charge on any atom is -0.486 e. The number of urea groups is 1. The Morgan fingerprint density at radius 3 is 2.64 bits per heavy atom. The molecular weight excluding hydrogens is 306 g/mol. The van der Waals surface area contributed by atoms with Crippen molar-refractivity contribution in [1.82, 2.24) is 5.43 Å². The van der Waals surface area contributed by atoms with Gasteiger partial charge in [0.2, 0.25) is 0 Å². The van der Waals surface area contributed by atoms with E-state index >= 15 is 0 Å². The molecule has 0 fully saturated rings. The first-order chi connectivity index (χ1) is 10.7. The number of benzene rings is 2. The number of fused-ring (bicyclic) bond motifs is 1. The lowest BCUT2D eigenvalue weighted by Gasteiger charge is -2.19. The highest BCUT2D eigenvalue weighted by Gasteiger charge is 2.12. The van der Waals surface area contributed by atoms with Gasteiger partial charge < -0.3 is 14.8 Å². The maximum absolute atomic E-state index is 11.9. The summed E-state index contributed by atoms with van der Waals surface area (Å²) in [4.78, 5) is 11.9. The first-order valence-electron chi connectivity index (χ1n) is 6.69. The SMILES string of the molecule is O=C(NNc1ccccc1Cl)Nc1ccc2c(c1)OCCO2. The van der Waals surface area contributed by atoms with Crippen LogP contribution in [0.25, 0.3) is 0 Å². The molecule has 0 radical (unpaired) electrons. The second-order valence-electron chi connectivity index (χ2n) is 4.54. The Balaban J connectivity index is 1.59. The number of carbonyl (C=O) groups excluding carboxylic acids is 1. The van der Waals surface area contributed by atoms with Crippen LogP contribution in [0.1, 0.15) is 0 Å². The molecule has 1 heterocycles. The average molecular weight is 320 g/mol. The van der Waals surface area contributed by atoms with Crippen LogP contribution in [0.4, 0.5) is 16.2 Å². The van der Waals surface area contributed by atoms with Gasteiger partial charge in [0, 0.05) is 11.8 Å². The van der Waals surface area contributed by atoms with Crippen LogP contribution < -0.4 is 25.6 Å². The van der Waals surface area contributed by atoms with Gasteiger partial charge in [0.15, 0.2) is 11.5 Å². The summed E-state index contributed by atoms with van der Waals surface area (Å²) in [6.07, 6.45) is 0. The summed E-state index contributed by atoms with van der Waals surface area (Å²) in [6, 6.07) is 11.9. The number of ether oxygens (including phenoxy) is 2. The van der Waals surface area contributed by atoms with Crippen LogP contribution in [0, 0.1) is 0 Å². The number of hydrogen-bond donors (Lipinski definition) is 3. The van der Waals surface area contributed by atoms with Crippen molar-refractivity contribution in [2.24, 2.45) is 0 Å². The van der Waals surface area contributed by atoms with Crippen LogP contribution in [0.3, 0.4) is 0 Å². The zero-order chi connectivity index (χ0) is 15.4. The van der Waals surface area contributed by atoms with E-state index in [0.29, 0.717) is 41.1 Å². The smallest absolute Gasteiger partial charge is 0.337 e. The molecule has 0 saturated carbocycles. The van der Waals surface area contributed by atoms with Gasteiger partial charge in [0.25, 0.3) is 0 Å². The Labute approximate surface area is 132 Å². The standard InChI is InChI=1S/C15H14ClN3O3/c16-11-3-1-2-4-12(11)18-19-15(20)17-10-5-6-13-14(9-10)22-8-7-21-13/h1-6,9,18H,7-8H2,(H2,17,19,20). The van der Waals surface area contributed by atoms with Gasteiger partial charge in [-0.1, -0.05) is 23.7 Å². The molecular formula is C15H14ClN3O3. The third kappa shape index (κ3) is 3.35. The number of hydrazine groups is 1. The van der Waals surface area contributed by atoms with E-state index < -0.39 is 6.03 Å². The lowest BCUT2D eigenvalue weighted by Crippen LogP contribution is -2.33. The van der Waals surface area contributed by atoms with Crippen molar-refractivity contribution in [3.63, 3.8) is 0 Å². The number of carbonyl (C=O) groups is 1. The molecule has 7 heteroatoms. The van der Waals surface area contributed by atoms with Crippen molar-refractivity contribution in [2.45, 2.75) is 0 Å². The number of halogens is 1. The molecule has 1 aliphatic rings. The summed E-state index contributed by atoms with van der Waals surface area (Å²) >= 11 is 5.98. The zero-order valence-electron chi connectivity index (χ0n) is 11.6. The predicted octanol–water partition coefficient (Wildman–Crippen LogP) is 3.26. The molecule has 22 heavy (non-hydrogen) atoms. The van der Waals surface area contributed by atoms with Gasteiger partial charge in [-0.2, -0.15) is 0 Å². The fourth-order valence-corrected chi connectivity index (χ4v) is 2.15. The molecule has 0 unspecified atom stereocenters. The van der Waals surface area contributed by atoms with Gasteiger partial charge in [-0.3, -0.25) is 10.9 Å². The summed E-state index contributed by atoms with van der Waals surface area (Å²) in [6.45, 7) is 1.03. The molecule has 0 atom stereocenters. The molecule has 0 spiro atoms. The first kappa shape index (κ1) is 14.3. The normalized spacial score (nSPS) is 12.4. The van der Waals surface area contributed by atoms with E-state index in [-0.39, 0.29) is 0 Å². The number of nitrogens with one attached hydrogen (secondary N) is 3. The minimum atomic E-state index is -0.420. The second kappa shape index (κ2) is 6.44. The summed E-state index contributed by atoms with van der Waals surface area (Å²) in [5, 5.41) is 3.21. The lowest BCUT2D eigenvalue weighted by molar-refractivity contribution is 0.171. The van der Waals surface area contributed by atoms with Crippen molar-refractivity contribution in [1.29, 1.82) is 0 Å². The van der Waals surface area contributed by atoms with Crippen molar-refractivity contribution < 1.29 is 14.3 Å². The highest BCUT2D eigenvalue weighted by atomic mass is 35.5. The first-order valence-corrected chi connectivity index (χ1v) is 7.07. The van der Waals surface area contributed by atoms with Crippen LogP contribution in [-0.2, 0) is 0 Å². The highest BCUT2D eigenvalue weighted by Crippen LogP contribution is 2.32. The Morgan fingerprint density at radius 1 is 1.05 bits per heavy atom. The van der Waals surface area contributed by atoms with Gasteiger partial charge in [-0.25, -0.2) is 4.79 Å². The van der Waals surface area contributed by atoms with Crippen molar-refractivity contribution in [3.05, 3.63) is 47.5 Å². The monoisotopic (exact) mass is 319 g/mol. The van der Waals surface area contributed by atoms with E-state index in [2.05, 4.69) is 16.2 Å². The third-order valence-electron chi connectivity index (χ3n) is 2.98. The molecule has 2 amide bonds. The van der Waals surface area contributed by atoms with E-state index in [9.17, 15) is 4.79 Å². The van der Waals surface area contributed by atoms with E-state index in [1.807, 2.05) is 12.1 Å². The largest absolute Gasteiger partial charge is 0.486 e. The van der Waals surface area contributed by atoms with Crippen LogP contribution in [-0.4, -0.2) is 19.2 Å². The van der Waals surface area contributed by atoms with Crippen LogP contribution >= 0.6 is 11.6 Å². The Bertz CT molecular complexity index is 693. The summed E-state index contributed by atoms with van der Waals surface area (Å²) in [5.74, 6) is 1.29. The van der Waals surface area contributed by atoms with Crippen LogP contribution in [0.5, 0.6) is 11.5 Å². The molecule has 1 aliphatic heterocycles. The number of anilines is 2. The predicted molar refractivity (Wildman–Crippen MR) is 84.7 cm³/mol. The zero-order valence-corrected chi connectivity index (χ0v) is 12.3. The number of para-hydroxylation sites is 1. The molecule has 3 N–H and O–H groups in total. The average Bonchev–Trinajstić information content (AvgIpc) is 2.54. The Kier molecular flexibility index (Phi) is 4.20. The summed E-state index contributed by atoms with van der Waals surface area (Å²) in [7, 11) is 0. The number of hydrogen-bond acceptors (Lipinski definition) is 4. The van der Waals surface area contributed by atoms with Gasteiger partial charge in [-0.05, 0) is 24.3 Å². The fraction of sp³-hybridized carbons (Fsp3) is 0.133. The molecule has 114 valence electrons. The van der Waals surface area contributed by atoms with E-state index in [1.165, 1.54) is 0 Å². The Hall–Kier alpha value is -2.60. The second-order valence-corrected chi connectivity index (χ2v) is 4.95. The van der Waals surface area contributed by atoms with Crippen LogP contribution in [0.15, 0.2) is 42.5 Å². The van der Waals surface area contributed by atoms with E-state index in [0.717, 1.165) is 0 Å². The maximum Gasteiger partial charge on any atom is 0.337 e. The minimum absolute atomic E-state index is 0.420. The number of amides is 2. The van der Waals surface area contributed by atoms with Gasteiger partial charge in [-0.15, -0.1) is 0 Å². The molecule has 3 rings (SSSR count). The highest BCUT2D eigenvalue weighted by molar-refractivity contribution is 6.33. The lowest BCUT2D eigenvalue weighted by atomic mass is 10.2. The van der Waals surface area contributed by atoms with Crippen molar-refractivity contribution in [3.8, 4) is 11.5 Å². The van der Waals surface area contributed by atoms with Crippen LogP contribution in [0.2, 0.25) is 5.02 Å². The number of rotatable bonds is 3. The van der Waals surface area contributed by atoms with Gasteiger partial charge in [0.1, 0.15) is 13.2 Å².